The van der Waals surface area contributed by atoms with Gasteiger partial charge in [-0.2, -0.15) is 0 Å². The molecule has 2 aromatic carbocycles. The number of alkyl halides is 1. The predicted octanol–water partition coefficient (Wildman–Crippen LogP) is 4.17. The van der Waals surface area contributed by atoms with Crippen molar-refractivity contribution in [1.82, 2.24) is 0 Å². The van der Waals surface area contributed by atoms with E-state index in [-0.39, 0.29) is 11.6 Å². The second-order valence-corrected chi connectivity index (χ2v) is 5.73. The highest BCUT2D eigenvalue weighted by Gasteiger charge is 2.35. The van der Waals surface area contributed by atoms with Gasteiger partial charge in [0.15, 0.2) is 11.6 Å². The first kappa shape index (κ1) is 17.6. The number of carbonyl (C=O) groups is 2. The highest BCUT2D eigenvalue weighted by atomic mass is 79.9. The Kier molecular flexibility index (Phi) is 6.68. The van der Waals surface area contributed by atoms with Gasteiger partial charge in [0.05, 0.1) is 6.10 Å². The number of carbonyl (C=O) groups excluding carboxylic acids is 2. The Morgan fingerprint density at radius 3 is 1.70 bits per heavy atom. The molecule has 0 heterocycles. The molecule has 2 aromatic rings. The summed E-state index contributed by atoms with van der Waals surface area (Å²) >= 11 is 3.37. The molecule has 3 nitrogen and oxygen atoms in total. The zero-order valence-corrected chi connectivity index (χ0v) is 14.5. The van der Waals surface area contributed by atoms with Crippen LogP contribution in [0.5, 0.6) is 0 Å². The van der Waals surface area contributed by atoms with Crippen LogP contribution in [-0.4, -0.2) is 29.6 Å². The maximum absolute atomic E-state index is 12.9. The van der Waals surface area contributed by atoms with Crippen LogP contribution < -0.4 is 0 Å². The van der Waals surface area contributed by atoms with E-state index in [2.05, 4.69) is 15.9 Å². The molecule has 0 bridgehead atoms. The van der Waals surface area contributed by atoms with Gasteiger partial charge in [-0.25, -0.2) is 0 Å². The van der Waals surface area contributed by atoms with Gasteiger partial charge in [0, 0.05) is 23.1 Å². The summed E-state index contributed by atoms with van der Waals surface area (Å²) in [5.41, 5.74) is 1.04. The first-order valence-electron chi connectivity index (χ1n) is 7.55. The lowest BCUT2D eigenvalue weighted by Gasteiger charge is -2.23. The van der Waals surface area contributed by atoms with Crippen LogP contribution in [0.4, 0.5) is 0 Å². The van der Waals surface area contributed by atoms with Crippen molar-refractivity contribution in [2.75, 3.05) is 11.9 Å². The van der Waals surface area contributed by atoms with Gasteiger partial charge in [0.2, 0.25) is 0 Å². The number of halogens is 1. The van der Waals surface area contributed by atoms with Gasteiger partial charge in [-0.3, -0.25) is 9.59 Å². The monoisotopic (exact) mass is 374 g/mol. The Labute approximate surface area is 144 Å². The molecule has 0 aliphatic rings. The Balaban J connectivity index is 2.39. The predicted molar refractivity (Wildman–Crippen MR) is 94.2 cm³/mol. The summed E-state index contributed by atoms with van der Waals surface area (Å²) < 4.78 is 5.65. The molecule has 0 saturated heterocycles. The van der Waals surface area contributed by atoms with E-state index < -0.39 is 12.0 Å². The van der Waals surface area contributed by atoms with E-state index in [0.29, 0.717) is 23.1 Å². The van der Waals surface area contributed by atoms with Crippen LogP contribution in [0.25, 0.3) is 0 Å². The second-order valence-electron chi connectivity index (χ2n) is 5.09. The molecule has 0 spiro atoms. The van der Waals surface area contributed by atoms with Crippen molar-refractivity contribution in [2.24, 2.45) is 5.92 Å². The Hall–Kier alpha value is -1.78. The fourth-order valence-corrected chi connectivity index (χ4v) is 3.03. The van der Waals surface area contributed by atoms with Gasteiger partial charge < -0.3 is 4.74 Å². The van der Waals surface area contributed by atoms with E-state index in [1.54, 1.807) is 48.5 Å². The molecule has 0 N–H and O–H groups in total. The first-order valence-corrected chi connectivity index (χ1v) is 8.67. The Bertz CT molecular complexity index is 589. The quantitative estimate of drug-likeness (QED) is 0.395. The molecule has 0 aromatic heterocycles. The molecule has 1 atom stereocenters. The smallest absolute Gasteiger partial charge is 0.176 e. The number of ketones is 2. The minimum absolute atomic E-state index is 0.211. The molecule has 120 valence electrons. The van der Waals surface area contributed by atoms with Gasteiger partial charge in [0.1, 0.15) is 5.92 Å². The third-order valence-corrected chi connectivity index (χ3v) is 4.22. The van der Waals surface area contributed by atoms with Crippen molar-refractivity contribution in [3.63, 3.8) is 0 Å². The Morgan fingerprint density at radius 2 is 1.35 bits per heavy atom. The third-order valence-electron chi connectivity index (χ3n) is 3.59. The molecule has 1 unspecified atom stereocenters. The number of hydrogen-bond donors (Lipinski definition) is 0. The van der Waals surface area contributed by atoms with Crippen molar-refractivity contribution in [2.45, 2.75) is 13.0 Å². The van der Waals surface area contributed by atoms with Crippen LogP contribution in [0.1, 0.15) is 27.6 Å². The second kappa shape index (κ2) is 8.75. The number of rotatable bonds is 8. The minimum atomic E-state index is -0.862. The SMILES string of the molecule is CCOC(CBr)C(C(=O)c1ccccc1)C(=O)c1ccccc1. The number of Topliss-reactive ketones (excluding diaryl/α,β-unsaturated/α-hetero) is 2. The van der Waals surface area contributed by atoms with Crippen LogP contribution in [-0.2, 0) is 4.74 Å². The number of hydrogen-bond acceptors (Lipinski definition) is 3. The molecular weight excluding hydrogens is 356 g/mol. The van der Waals surface area contributed by atoms with Crippen molar-refractivity contribution in [3.8, 4) is 0 Å². The van der Waals surface area contributed by atoms with Gasteiger partial charge >= 0.3 is 0 Å². The zero-order valence-electron chi connectivity index (χ0n) is 12.9. The van der Waals surface area contributed by atoms with E-state index in [0.717, 1.165) is 0 Å². The van der Waals surface area contributed by atoms with E-state index in [1.807, 2.05) is 19.1 Å². The lowest BCUT2D eigenvalue weighted by atomic mass is 9.86. The van der Waals surface area contributed by atoms with E-state index in [9.17, 15) is 9.59 Å². The molecule has 0 aliphatic carbocycles. The standard InChI is InChI=1S/C19H19BrO3/c1-2-23-16(13-20)17(18(21)14-9-5-3-6-10-14)19(22)15-11-7-4-8-12-15/h3-12,16-17H,2,13H2,1H3. The van der Waals surface area contributed by atoms with Crippen molar-refractivity contribution in [1.29, 1.82) is 0 Å². The molecule has 0 aliphatic heterocycles. The number of benzene rings is 2. The molecule has 4 heteroatoms. The first-order chi connectivity index (χ1) is 11.2. The molecule has 0 fully saturated rings. The lowest BCUT2D eigenvalue weighted by Crippen LogP contribution is -2.38. The van der Waals surface area contributed by atoms with Gasteiger partial charge in [-0.05, 0) is 6.92 Å². The topological polar surface area (TPSA) is 43.4 Å². The molecule has 0 radical (unpaired) electrons. The summed E-state index contributed by atoms with van der Waals surface area (Å²) in [4.78, 5) is 25.8. The van der Waals surface area contributed by atoms with Crippen LogP contribution in [0.15, 0.2) is 60.7 Å². The molecule has 23 heavy (non-hydrogen) atoms. The van der Waals surface area contributed by atoms with Crippen LogP contribution in [0.2, 0.25) is 0 Å². The molecule has 0 saturated carbocycles. The maximum atomic E-state index is 12.9. The fraction of sp³-hybridized carbons (Fsp3) is 0.263. The van der Waals surface area contributed by atoms with E-state index >= 15 is 0 Å². The summed E-state index contributed by atoms with van der Waals surface area (Å²) in [7, 11) is 0. The van der Waals surface area contributed by atoms with Crippen LogP contribution in [0.3, 0.4) is 0 Å². The molecular formula is C19H19BrO3. The largest absolute Gasteiger partial charge is 0.376 e. The average molecular weight is 375 g/mol. The van der Waals surface area contributed by atoms with Crippen LogP contribution >= 0.6 is 15.9 Å². The summed E-state index contributed by atoms with van der Waals surface area (Å²) in [5, 5.41) is 0.419. The van der Waals surface area contributed by atoms with E-state index in [4.69, 9.17) is 4.74 Å². The minimum Gasteiger partial charge on any atom is -0.376 e. The number of ether oxygens (including phenoxy) is 1. The maximum Gasteiger partial charge on any atom is 0.176 e. The summed E-state index contributed by atoms with van der Waals surface area (Å²) in [5.74, 6) is -1.28. The van der Waals surface area contributed by atoms with Gasteiger partial charge in [-0.15, -0.1) is 0 Å². The molecule has 2 rings (SSSR count). The van der Waals surface area contributed by atoms with Crippen molar-refractivity contribution >= 4 is 27.5 Å². The fourth-order valence-electron chi connectivity index (χ4n) is 2.46. The van der Waals surface area contributed by atoms with Crippen molar-refractivity contribution < 1.29 is 14.3 Å². The lowest BCUT2D eigenvalue weighted by molar-refractivity contribution is 0.0329. The average Bonchev–Trinajstić information content (AvgIpc) is 2.62. The highest BCUT2D eigenvalue weighted by Crippen LogP contribution is 2.22. The summed E-state index contributed by atoms with van der Waals surface area (Å²) in [6.07, 6.45) is -0.500. The van der Waals surface area contributed by atoms with Gasteiger partial charge in [0.25, 0.3) is 0 Å². The van der Waals surface area contributed by atoms with Gasteiger partial charge in [-0.1, -0.05) is 76.6 Å². The molecule has 0 amide bonds. The van der Waals surface area contributed by atoms with E-state index in [1.165, 1.54) is 0 Å². The zero-order chi connectivity index (χ0) is 16.7. The summed E-state index contributed by atoms with van der Waals surface area (Å²) in [6.45, 7) is 2.30. The van der Waals surface area contributed by atoms with Crippen molar-refractivity contribution in [3.05, 3.63) is 71.8 Å². The summed E-state index contributed by atoms with van der Waals surface area (Å²) in [6, 6.07) is 17.8. The normalized spacial score (nSPS) is 12.1. The third kappa shape index (κ3) is 4.36. The highest BCUT2D eigenvalue weighted by molar-refractivity contribution is 9.09. The Morgan fingerprint density at radius 1 is 0.913 bits per heavy atom. The van der Waals surface area contributed by atoms with Crippen LogP contribution in [0, 0.1) is 5.92 Å².